The molecule has 1 unspecified atom stereocenters. The lowest BCUT2D eigenvalue weighted by Gasteiger charge is -2.32. The van der Waals surface area contributed by atoms with Gasteiger partial charge in [-0.25, -0.2) is 9.37 Å². The van der Waals surface area contributed by atoms with E-state index in [-0.39, 0.29) is 36.1 Å². The Morgan fingerprint density at radius 1 is 1.29 bits per heavy atom. The van der Waals surface area contributed by atoms with Crippen molar-refractivity contribution in [3.8, 4) is 10.6 Å². The van der Waals surface area contributed by atoms with Gasteiger partial charge in [0.15, 0.2) is 0 Å². The van der Waals surface area contributed by atoms with Crippen LogP contribution < -0.4 is 0 Å². The molecule has 1 atom stereocenters. The Labute approximate surface area is 184 Å². The van der Waals surface area contributed by atoms with E-state index in [1.807, 2.05) is 0 Å². The molecule has 0 bridgehead atoms. The number of carbonyl (C=O) groups is 3. The Hall–Kier alpha value is -2.81. The van der Waals surface area contributed by atoms with E-state index in [4.69, 9.17) is 4.74 Å². The first-order valence-corrected chi connectivity index (χ1v) is 11.0. The summed E-state index contributed by atoms with van der Waals surface area (Å²) < 4.78 is 18.2. The summed E-state index contributed by atoms with van der Waals surface area (Å²) in [5.41, 5.74) is 1.29. The number of halogens is 1. The number of ether oxygens (including phenoxy) is 1. The molecule has 0 N–H and O–H groups in total. The zero-order valence-corrected chi connectivity index (χ0v) is 18.7. The van der Waals surface area contributed by atoms with Gasteiger partial charge in [0, 0.05) is 25.7 Å². The van der Waals surface area contributed by atoms with Gasteiger partial charge in [-0.3, -0.25) is 14.4 Å². The first-order chi connectivity index (χ1) is 14.8. The number of carbonyl (C=O) groups excluding carboxylic acids is 3. The zero-order valence-electron chi connectivity index (χ0n) is 17.9. The predicted octanol–water partition coefficient (Wildman–Crippen LogP) is 3.13. The van der Waals surface area contributed by atoms with Gasteiger partial charge < -0.3 is 14.5 Å². The number of rotatable bonds is 6. The quantitative estimate of drug-likeness (QED) is 0.636. The molecule has 1 aromatic carbocycles. The Morgan fingerprint density at radius 3 is 2.68 bits per heavy atom. The van der Waals surface area contributed by atoms with E-state index in [0.717, 1.165) is 12.0 Å². The minimum absolute atomic E-state index is 0.0857. The topological polar surface area (TPSA) is 79.8 Å². The Morgan fingerprint density at radius 2 is 2.00 bits per heavy atom. The van der Waals surface area contributed by atoms with Crippen molar-refractivity contribution in [1.82, 2.24) is 14.8 Å². The Kier molecular flexibility index (Phi) is 7.37. The highest BCUT2D eigenvalue weighted by molar-refractivity contribution is 7.17. The zero-order chi connectivity index (χ0) is 22.5. The third-order valence-corrected chi connectivity index (χ3v) is 6.39. The van der Waals surface area contributed by atoms with Crippen molar-refractivity contribution in [1.29, 1.82) is 0 Å². The van der Waals surface area contributed by atoms with Gasteiger partial charge >= 0.3 is 5.97 Å². The molecule has 2 aromatic rings. The van der Waals surface area contributed by atoms with Crippen LogP contribution in [0.2, 0.25) is 0 Å². The van der Waals surface area contributed by atoms with E-state index >= 15 is 0 Å². The molecule has 166 valence electrons. The number of hydrogen-bond donors (Lipinski definition) is 0. The van der Waals surface area contributed by atoms with Crippen LogP contribution in [0.15, 0.2) is 24.3 Å². The van der Waals surface area contributed by atoms with Crippen molar-refractivity contribution >= 4 is 29.1 Å². The largest absolute Gasteiger partial charge is 0.466 e. The van der Waals surface area contributed by atoms with Crippen LogP contribution in [0.25, 0.3) is 10.6 Å². The summed E-state index contributed by atoms with van der Waals surface area (Å²) >= 11 is 1.22. The number of likely N-dealkylation sites (tertiary alicyclic amines) is 1. The van der Waals surface area contributed by atoms with Crippen molar-refractivity contribution in [3.05, 3.63) is 40.7 Å². The molecule has 0 spiro atoms. The molecule has 1 aliphatic heterocycles. The van der Waals surface area contributed by atoms with Crippen LogP contribution in [0.1, 0.15) is 35.1 Å². The number of benzene rings is 1. The number of amides is 2. The van der Waals surface area contributed by atoms with Crippen molar-refractivity contribution < 1.29 is 23.5 Å². The lowest BCUT2D eigenvalue weighted by Crippen LogP contribution is -2.47. The van der Waals surface area contributed by atoms with E-state index in [1.165, 1.54) is 28.4 Å². The summed E-state index contributed by atoms with van der Waals surface area (Å²) in [7, 11) is 1.57. The van der Waals surface area contributed by atoms with Gasteiger partial charge in [-0.15, -0.1) is 11.3 Å². The highest BCUT2D eigenvalue weighted by Crippen LogP contribution is 2.29. The third kappa shape index (κ3) is 5.46. The molecule has 31 heavy (non-hydrogen) atoms. The fraction of sp³-hybridized carbons (Fsp3) is 0.455. The molecular weight excluding hydrogens is 421 g/mol. The fourth-order valence-corrected chi connectivity index (χ4v) is 4.58. The van der Waals surface area contributed by atoms with Crippen LogP contribution in [0.5, 0.6) is 0 Å². The average molecular weight is 448 g/mol. The van der Waals surface area contributed by atoms with Crippen LogP contribution >= 0.6 is 11.3 Å². The second-order valence-corrected chi connectivity index (χ2v) is 8.53. The molecule has 2 heterocycles. The highest BCUT2D eigenvalue weighted by Gasteiger charge is 2.30. The lowest BCUT2D eigenvalue weighted by molar-refractivity contribution is -0.151. The van der Waals surface area contributed by atoms with Gasteiger partial charge in [-0.2, -0.15) is 0 Å². The van der Waals surface area contributed by atoms with Crippen LogP contribution in [0.3, 0.4) is 0 Å². The van der Waals surface area contributed by atoms with E-state index in [2.05, 4.69) is 4.98 Å². The molecule has 7 nitrogen and oxygen atoms in total. The minimum atomic E-state index is -0.338. The number of nitrogens with zero attached hydrogens (tertiary/aromatic N) is 3. The summed E-state index contributed by atoms with van der Waals surface area (Å²) in [5.74, 6) is -1.44. The molecule has 1 fully saturated rings. The lowest BCUT2D eigenvalue weighted by atomic mass is 9.98. The number of esters is 1. The molecule has 1 saturated heterocycles. The van der Waals surface area contributed by atoms with Gasteiger partial charge in [0.1, 0.15) is 15.7 Å². The molecule has 0 saturated carbocycles. The SMILES string of the molecule is CCOC(=O)C1CCCN(C(=O)CN(C)C(=O)c2sc(-c3ccc(F)cc3)nc2C)C1. The van der Waals surface area contributed by atoms with Gasteiger partial charge in [0.25, 0.3) is 5.91 Å². The van der Waals surface area contributed by atoms with E-state index in [0.29, 0.717) is 41.7 Å². The van der Waals surface area contributed by atoms with Gasteiger partial charge in [0.2, 0.25) is 5.91 Å². The molecule has 0 aliphatic carbocycles. The average Bonchev–Trinajstić information content (AvgIpc) is 3.15. The van der Waals surface area contributed by atoms with Crippen molar-refractivity contribution in [2.24, 2.45) is 5.92 Å². The van der Waals surface area contributed by atoms with Crippen LogP contribution in [-0.4, -0.2) is 65.9 Å². The molecule has 2 amide bonds. The molecule has 3 rings (SSSR count). The second kappa shape index (κ2) is 10.00. The van der Waals surface area contributed by atoms with Crippen LogP contribution in [0.4, 0.5) is 4.39 Å². The first kappa shape index (κ1) is 22.9. The predicted molar refractivity (Wildman–Crippen MR) is 115 cm³/mol. The monoisotopic (exact) mass is 447 g/mol. The number of hydrogen-bond acceptors (Lipinski definition) is 6. The molecule has 1 aromatic heterocycles. The van der Waals surface area contributed by atoms with Gasteiger partial charge in [-0.05, 0) is 51.0 Å². The van der Waals surface area contributed by atoms with Crippen LogP contribution in [-0.2, 0) is 14.3 Å². The normalized spacial score (nSPS) is 16.1. The molecule has 0 radical (unpaired) electrons. The number of thiazole rings is 1. The van der Waals surface area contributed by atoms with Crippen molar-refractivity contribution in [2.45, 2.75) is 26.7 Å². The highest BCUT2D eigenvalue weighted by atomic mass is 32.1. The standard InChI is InChI=1S/C22H26FN3O4S/c1-4-30-22(29)16-6-5-11-26(12-16)18(27)13-25(3)21(28)19-14(2)24-20(31-19)15-7-9-17(23)10-8-15/h7-10,16H,4-6,11-13H2,1-3H3. The van der Waals surface area contributed by atoms with Gasteiger partial charge in [0.05, 0.1) is 24.8 Å². The van der Waals surface area contributed by atoms with Gasteiger partial charge in [-0.1, -0.05) is 0 Å². The summed E-state index contributed by atoms with van der Waals surface area (Å²) in [6.45, 7) is 4.60. The summed E-state index contributed by atoms with van der Waals surface area (Å²) in [5, 5.41) is 0.619. The maximum atomic E-state index is 13.2. The number of aromatic nitrogens is 1. The minimum Gasteiger partial charge on any atom is -0.466 e. The second-order valence-electron chi connectivity index (χ2n) is 7.53. The molecular formula is C22H26FN3O4S. The smallest absolute Gasteiger partial charge is 0.310 e. The van der Waals surface area contributed by atoms with E-state index in [9.17, 15) is 18.8 Å². The maximum Gasteiger partial charge on any atom is 0.310 e. The number of likely N-dealkylation sites (N-methyl/N-ethyl adjacent to an activating group) is 1. The Balaban J connectivity index is 1.64. The summed E-state index contributed by atoms with van der Waals surface area (Å²) in [4.78, 5) is 45.5. The maximum absolute atomic E-state index is 13.2. The van der Waals surface area contributed by atoms with Crippen molar-refractivity contribution in [2.75, 3.05) is 33.3 Å². The third-order valence-electron chi connectivity index (χ3n) is 5.20. The van der Waals surface area contributed by atoms with Crippen molar-refractivity contribution in [3.63, 3.8) is 0 Å². The number of aryl methyl sites for hydroxylation is 1. The van der Waals surface area contributed by atoms with E-state index in [1.54, 1.807) is 37.9 Å². The molecule has 1 aliphatic rings. The number of piperidine rings is 1. The first-order valence-electron chi connectivity index (χ1n) is 10.2. The summed E-state index contributed by atoms with van der Waals surface area (Å²) in [6, 6.07) is 5.93. The molecule has 9 heteroatoms. The fourth-order valence-electron chi connectivity index (χ4n) is 3.51. The Bertz CT molecular complexity index is 960. The summed E-state index contributed by atoms with van der Waals surface area (Å²) in [6.07, 6.45) is 1.42. The van der Waals surface area contributed by atoms with Crippen LogP contribution in [0, 0.1) is 18.7 Å². The van der Waals surface area contributed by atoms with E-state index < -0.39 is 0 Å².